The molecule has 536 valence electrons. The van der Waals surface area contributed by atoms with Gasteiger partial charge in [0.15, 0.2) is 0 Å². The van der Waals surface area contributed by atoms with Gasteiger partial charge in [0.2, 0.25) is 0 Å². The SMILES string of the molecule is CNC(=O)Nc1ccc2c(c1)N(Cc1cnc[nH]1)CCO2.COC(=O)Cc1ccc2c(c1)N(Cc1cnc[nH]1)CCO2.COC(=O)N(C)c1ccc2c(c1)N(Cc1cnc[nH]1)CCO2.COc1ccc2c(c1)N(Cc1cnc[nH]1)CCO2.c1c[nH]c(-c2ccc3c(c2)N(Cc2cnc[nH]2)CCO3)c1. The van der Waals surface area contributed by atoms with Crippen molar-refractivity contribution >= 4 is 57.9 Å². The maximum absolute atomic E-state index is 11.7. The van der Waals surface area contributed by atoms with E-state index in [1.807, 2.05) is 116 Å². The summed E-state index contributed by atoms with van der Waals surface area (Å²) in [6.45, 7) is 11.2. The molecule has 0 unspecified atom stereocenters. The first kappa shape index (κ1) is 70.1. The average Bonchev–Trinajstić information content (AvgIpc) is 1.60. The van der Waals surface area contributed by atoms with Crippen molar-refractivity contribution in [2.24, 2.45) is 0 Å². The number of benzene rings is 5. The molecule has 0 atom stereocenters. The van der Waals surface area contributed by atoms with Gasteiger partial charge < -0.3 is 103 Å². The Morgan fingerprint density at radius 2 is 0.893 bits per heavy atom. The Morgan fingerprint density at radius 3 is 1.31 bits per heavy atom. The molecule has 0 saturated carbocycles. The highest BCUT2D eigenvalue weighted by molar-refractivity contribution is 5.90. The second kappa shape index (κ2) is 34.3. The van der Waals surface area contributed by atoms with Crippen LogP contribution in [0.5, 0.6) is 34.5 Å². The predicted molar refractivity (Wildman–Crippen MR) is 389 cm³/mol. The van der Waals surface area contributed by atoms with Crippen molar-refractivity contribution in [1.82, 2.24) is 60.1 Å². The Kier molecular flexibility index (Phi) is 23.4. The molecule has 5 aliphatic rings. The molecule has 103 heavy (non-hydrogen) atoms. The first-order chi connectivity index (χ1) is 50.5. The van der Waals surface area contributed by atoms with Gasteiger partial charge in [-0.05, 0) is 96.6 Å². The number of methoxy groups -OCH3 is 3. The molecular formula is C73H83N19O11. The molecule has 5 aliphatic heterocycles. The predicted octanol–water partition coefficient (Wildman–Crippen LogP) is 9.72. The van der Waals surface area contributed by atoms with Gasteiger partial charge in [0.25, 0.3) is 0 Å². The first-order valence-corrected chi connectivity index (χ1v) is 33.5. The lowest BCUT2D eigenvalue weighted by atomic mass is 10.1. The molecule has 3 amide bonds. The molecule has 11 heterocycles. The fraction of sp³-hybridized carbons (Fsp3) is 0.288. The molecule has 0 spiro atoms. The molecule has 0 saturated heterocycles. The number of amides is 3. The number of imidazole rings is 5. The van der Waals surface area contributed by atoms with Gasteiger partial charge in [-0.3, -0.25) is 9.69 Å². The van der Waals surface area contributed by atoms with Gasteiger partial charge in [-0.25, -0.2) is 34.5 Å². The summed E-state index contributed by atoms with van der Waals surface area (Å²) in [5.41, 5.74) is 15.1. The zero-order valence-corrected chi connectivity index (χ0v) is 57.9. The van der Waals surface area contributed by atoms with Gasteiger partial charge >= 0.3 is 18.1 Å². The number of rotatable bonds is 16. The highest BCUT2D eigenvalue weighted by Crippen LogP contribution is 2.40. The van der Waals surface area contributed by atoms with Crippen LogP contribution >= 0.6 is 0 Å². The maximum Gasteiger partial charge on any atom is 0.413 e. The zero-order valence-electron chi connectivity index (χ0n) is 57.9. The summed E-state index contributed by atoms with van der Waals surface area (Å²) in [7, 11) is 7.70. The number of carbonyl (C=O) groups is 3. The van der Waals surface area contributed by atoms with Crippen molar-refractivity contribution in [3.05, 3.63) is 206 Å². The molecule has 30 heteroatoms. The van der Waals surface area contributed by atoms with Crippen LogP contribution in [0.25, 0.3) is 11.3 Å². The normalized spacial score (nSPS) is 13.5. The number of aromatic nitrogens is 11. The van der Waals surface area contributed by atoms with Crippen molar-refractivity contribution in [2.75, 3.05) is 136 Å². The Balaban J connectivity index is 0.000000121. The van der Waals surface area contributed by atoms with E-state index >= 15 is 0 Å². The van der Waals surface area contributed by atoms with E-state index in [0.29, 0.717) is 39.6 Å². The van der Waals surface area contributed by atoms with Crippen LogP contribution in [0, 0.1) is 0 Å². The number of H-pyrrole nitrogens is 6. The van der Waals surface area contributed by atoms with E-state index < -0.39 is 6.09 Å². The lowest BCUT2D eigenvalue weighted by Gasteiger charge is -2.31. The van der Waals surface area contributed by atoms with Crippen LogP contribution in [0.3, 0.4) is 0 Å². The van der Waals surface area contributed by atoms with E-state index in [0.717, 1.165) is 173 Å². The minimum Gasteiger partial charge on any atom is -0.497 e. The summed E-state index contributed by atoms with van der Waals surface area (Å²) in [6, 6.07) is 33.1. The summed E-state index contributed by atoms with van der Waals surface area (Å²) in [5, 5.41) is 5.30. The smallest absolute Gasteiger partial charge is 0.413 e. The van der Waals surface area contributed by atoms with Crippen LogP contribution in [0.1, 0.15) is 34.0 Å². The summed E-state index contributed by atoms with van der Waals surface area (Å²) < 4.78 is 43.2. The molecular weight excluding hydrogens is 1320 g/mol. The number of nitrogens with zero attached hydrogens (tertiary/aromatic N) is 11. The number of carbonyl (C=O) groups excluding carboxylic acids is 3. The number of hydrogen-bond acceptors (Lipinski definition) is 21. The third-order valence-electron chi connectivity index (χ3n) is 17.2. The van der Waals surface area contributed by atoms with Gasteiger partial charge in [0, 0.05) is 80.0 Å². The van der Waals surface area contributed by atoms with Crippen LogP contribution in [0.4, 0.5) is 49.4 Å². The molecule has 6 aromatic heterocycles. The lowest BCUT2D eigenvalue weighted by molar-refractivity contribution is -0.139. The minimum atomic E-state index is -0.406. The van der Waals surface area contributed by atoms with Crippen molar-refractivity contribution in [1.29, 1.82) is 0 Å². The van der Waals surface area contributed by atoms with E-state index in [9.17, 15) is 14.4 Å². The molecule has 0 aliphatic carbocycles. The van der Waals surface area contributed by atoms with Gasteiger partial charge in [-0.2, -0.15) is 0 Å². The number of fused-ring (bicyclic) bond motifs is 5. The van der Waals surface area contributed by atoms with E-state index in [4.69, 9.17) is 37.9 Å². The number of ether oxygens (including phenoxy) is 8. The molecule has 0 radical (unpaired) electrons. The van der Waals surface area contributed by atoms with Gasteiger partial charge in [0.1, 0.15) is 67.5 Å². The van der Waals surface area contributed by atoms with Crippen molar-refractivity contribution in [3.63, 3.8) is 0 Å². The first-order valence-electron chi connectivity index (χ1n) is 33.5. The standard InChI is InChI=1S/C16H16N4O.C15H18N4O3.C15H17N3O3.C14H17N5O2.C13H15N3O2/c1-2-14(18-5-1)12-3-4-16-15(8-12)20(6-7-21-16)10-13-9-17-11-19-13;1-18(15(20)21-2)12-3-4-14-13(7-12)19(5-6-22-14)9-11-8-16-10-17-11;1-20-15(19)7-11-2-3-14-13(6-11)18(4-5-21-14)9-12-8-16-10-17-12;1-15-14(20)18-10-2-3-13-12(6-10)19(4-5-21-13)8-11-7-16-9-17-11;1-17-11-2-3-13-12(6-11)16(4-5-18-13)8-10-7-14-9-15-10/h1-5,8-9,11,18H,6-7,10H2,(H,17,19);3-4,7-8,10H,5-6,9H2,1-2H3,(H,16,17);2-3,6,8,10H,4-5,7,9H2,1H3,(H,16,17);2-3,6-7,9H,4-5,8H2,1H3,(H,16,17)(H2,15,18,20);2-3,6-7,9H,4-5,8H2,1H3,(H,14,15). The van der Waals surface area contributed by atoms with Crippen LogP contribution in [-0.2, 0) is 53.4 Å². The van der Waals surface area contributed by atoms with Crippen molar-refractivity contribution < 1.29 is 52.3 Å². The molecule has 0 bridgehead atoms. The number of hydrogen-bond donors (Lipinski definition) is 8. The molecule has 8 N–H and O–H groups in total. The molecule has 16 rings (SSSR count). The zero-order chi connectivity index (χ0) is 71.3. The molecule has 5 aromatic carbocycles. The minimum absolute atomic E-state index is 0.244. The van der Waals surface area contributed by atoms with Gasteiger partial charge in [-0.15, -0.1) is 0 Å². The van der Waals surface area contributed by atoms with Crippen LogP contribution in [0.2, 0.25) is 0 Å². The summed E-state index contributed by atoms with van der Waals surface area (Å²) >= 11 is 0. The largest absolute Gasteiger partial charge is 0.497 e. The number of esters is 1. The third-order valence-corrected chi connectivity index (χ3v) is 17.2. The van der Waals surface area contributed by atoms with E-state index in [-0.39, 0.29) is 18.4 Å². The Morgan fingerprint density at radius 1 is 0.476 bits per heavy atom. The third kappa shape index (κ3) is 18.4. The van der Waals surface area contributed by atoms with Crippen LogP contribution in [0.15, 0.2) is 172 Å². The monoisotopic (exact) mass is 1400 g/mol. The fourth-order valence-corrected chi connectivity index (χ4v) is 12.0. The summed E-state index contributed by atoms with van der Waals surface area (Å²) in [5.74, 6) is 4.92. The summed E-state index contributed by atoms with van der Waals surface area (Å²) in [4.78, 5) is 86.2. The Labute approximate surface area is 594 Å². The summed E-state index contributed by atoms with van der Waals surface area (Å²) in [6.07, 6.45) is 19.3. The molecule has 11 aromatic rings. The number of urea groups is 1. The fourth-order valence-electron chi connectivity index (χ4n) is 12.0. The number of aromatic amines is 6. The van der Waals surface area contributed by atoms with E-state index in [1.54, 1.807) is 59.0 Å². The van der Waals surface area contributed by atoms with E-state index in [2.05, 4.69) is 108 Å². The van der Waals surface area contributed by atoms with Crippen molar-refractivity contribution in [3.8, 4) is 45.8 Å². The van der Waals surface area contributed by atoms with Crippen LogP contribution < -0.4 is 68.5 Å². The van der Waals surface area contributed by atoms with Gasteiger partial charge in [-0.1, -0.05) is 6.07 Å². The molecule has 0 fully saturated rings. The lowest BCUT2D eigenvalue weighted by Crippen LogP contribution is -2.33. The Bertz CT molecular complexity index is 4350. The number of anilines is 7. The highest BCUT2D eigenvalue weighted by Gasteiger charge is 2.26. The quantitative estimate of drug-likeness (QED) is 0.0417. The van der Waals surface area contributed by atoms with Crippen molar-refractivity contribution in [2.45, 2.75) is 39.1 Å². The van der Waals surface area contributed by atoms with Crippen LogP contribution in [-0.4, -0.2) is 174 Å². The maximum atomic E-state index is 11.7. The second-order valence-corrected chi connectivity index (χ2v) is 24.0. The van der Waals surface area contributed by atoms with E-state index in [1.165, 1.54) is 24.7 Å². The second-order valence-electron chi connectivity index (χ2n) is 24.0. The topological polar surface area (TPSA) is 328 Å². The van der Waals surface area contributed by atoms with Gasteiger partial charge in [0.05, 0.1) is 182 Å². The Hall–Kier alpha value is -12.8. The average molecular weight is 1400 g/mol. The highest BCUT2D eigenvalue weighted by atomic mass is 16.5. The molecule has 30 nitrogen and oxygen atoms in total. The number of nitrogens with one attached hydrogen (secondary N) is 8.